The topological polar surface area (TPSA) is 71.3 Å². The maximum absolute atomic E-state index is 13.1. The first kappa shape index (κ1) is 18.2. The highest BCUT2D eigenvalue weighted by Crippen LogP contribution is 2.22. The van der Waals surface area contributed by atoms with Crippen molar-refractivity contribution in [2.75, 3.05) is 18.4 Å². The molecule has 1 aromatic carbocycles. The molecule has 0 atom stereocenters. The molecule has 1 aliphatic rings. The van der Waals surface area contributed by atoms with E-state index < -0.39 is 0 Å². The van der Waals surface area contributed by atoms with Gasteiger partial charge < -0.3 is 14.6 Å². The van der Waals surface area contributed by atoms with E-state index in [2.05, 4.69) is 22.2 Å². The lowest BCUT2D eigenvalue weighted by molar-refractivity contribution is 0.0691. The fourth-order valence-electron chi connectivity index (χ4n) is 3.33. The van der Waals surface area contributed by atoms with Crippen LogP contribution in [0.1, 0.15) is 36.0 Å². The average Bonchev–Trinajstić information content (AvgIpc) is 3.26. The molecule has 3 aromatic rings. The zero-order valence-corrected chi connectivity index (χ0v) is 16.0. The SMILES string of the molecule is CC1CCN(C(=O)c2cc(NCc3ccco3)nc(-c3ccccc3)n2)CC1. The third-order valence-corrected chi connectivity index (χ3v) is 5.07. The summed E-state index contributed by atoms with van der Waals surface area (Å²) in [6.07, 6.45) is 3.70. The van der Waals surface area contributed by atoms with E-state index >= 15 is 0 Å². The van der Waals surface area contributed by atoms with Crippen molar-refractivity contribution in [2.45, 2.75) is 26.3 Å². The number of nitrogens with zero attached hydrogens (tertiary/aromatic N) is 3. The Kier molecular flexibility index (Phi) is 5.37. The van der Waals surface area contributed by atoms with Crippen molar-refractivity contribution in [3.05, 3.63) is 66.2 Å². The second kappa shape index (κ2) is 8.25. The molecule has 0 bridgehead atoms. The molecule has 144 valence electrons. The Hall–Kier alpha value is -3.15. The van der Waals surface area contributed by atoms with Crippen molar-refractivity contribution < 1.29 is 9.21 Å². The standard InChI is InChI=1S/C22H24N4O2/c1-16-9-11-26(12-10-16)22(27)19-14-20(23-15-18-8-5-13-28-18)25-21(24-19)17-6-3-2-4-7-17/h2-8,13-14,16H,9-12,15H2,1H3,(H,23,24,25). The molecule has 0 unspecified atom stereocenters. The van der Waals surface area contributed by atoms with E-state index in [9.17, 15) is 4.79 Å². The van der Waals surface area contributed by atoms with Gasteiger partial charge in [0.1, 0.15) is 17.3 Å². The number of anilines is 1. The summed E-state index contributed by atoms with van der Waals surface area (Å²) in [4.78, 5) is 24.1. The fourth-order valence-corrected chi connectivity index (χ4v) is 3.33. The van der Waals surface area contributed by atoms with Crippen molar-refractivity contribution in [2.24, 2.45) is 5.92 Å². The van der Waals surface area contributed by atoms with Crippen molar-refractivity contribution in [3.63, 3.8) is 0 Å². The van der Waals surface area contributed by atoms with E-state index in [1.165, 1.54) is 0 Å². The van der Waals surface area contributed by atoms with Crippen LogP contribution in [0, 0.1) is 5.92 Å². The number of aromatic nitrogens is 2. The van der Waals surface area contributed by atoms with Gasteiger partial charge in [0.2, 0.25) is 0 Å². The number of furan rings is 1. The molecule has 2 aromatic heterocycles. The number of hydrogen-bond acceptors (Lipinski definition) is 5. The number of benzene rings is 1. The predicted octanol–water partition coefficient (Wildman–Crippen LogP) is 4.22. The zero-order chi connectivity index (χ0) is 19.3. The molecule has 0 aliphatic carbocycles. The van der Waals surface area contributed by atoms with E-state index in [1.807, 2.05) is 47.4 Å². The Morgan fingerprint density at radius 3 is 2.64 bits per heavy atom. The minimum Gasteiger partial charge on any atom is -0.467 e. The van der Waals surface area contributed by atoms with Gasteiger partial charge in [-0.2, -0.15) is 0 Å². The molecule has 4 rings (SSSR count). The smallest absolute Gasteiger partial charge is 0.272 e. The van der Waals surface area contributed by atoms with E-state index in [1.54, 1.807) is 12.3 Å². The molecule has 0 saturated carbocycles. The fraction of sp³-hybridized carbons (Fsp3) is 0.318. The predicted molar refractivity (Wildman–Crippen MR) is 108 cm³/mol. The summed E-state index contributed by atoms with van der Waals surface area (Å²) in [5, 5.41) is 3.25. The molecule has 1 N–H and O–H groups in total. The van der Waals surface area contributed by atoms with E-state index in [0.29, 0.717) is 29.8 Å². The van der Waals surface area contributed by atoms with Crippen LogP contribution in [0.4, 0.5) is 5.82 Å². The molecule has 1 aliphatic heterocycles. The maximum atomic E-state index is 13.1. The van der Waals surface area contributed by atoms with Gasteiger partial charge in [0.15, 0.2) is 5.82 Å². The summed E-state index contributed by atoms with van der Waals surface area (Å²) in [6.45, 7) is 4.28. The van der Waals surface area contributed by atoms with Crippen LogP contribution in [-0.2, 0) is 6.54 Å². The van der Waals surface area contributed by atoms with Crippen LogP contribution < -0.4 is 5.32 Å². The summed E-state index contributed by atoms with van der Waals surface area (Å²) in [7, 11) is 0. The van der Waals surface area contributed by atoms with Gasteiger partial charge in [-0.05, 0) is 30.9 Å². The van der Waals surface area contributed by atoms with Gasteiger partial charge in [0, 0.05) is 24.7 Å². The minimum absolute atomic E-state index is 0.0347. The molecule has 28 heavy (non-hydrogen) atoms. The number of carbonyl (C=O) groups excluding carboxylic acids is 1. The third kappa shape index (κ3) is 4.22. The highest BCUT2D eigenvalue weighted by atomic mass is 16.3. The van der Waals surface area contributed by atoms with Crippen LogP contribution in [0.3, 0.4) is 0 Å². The molecular formula is C22H24N4O2. The number of hydrogen-bond donors (Lipinski definition) is 1. The number of likely N-dealkylation sites (tertiary alicyclic amines) is 1. The highest BCUT2D eigenvalue weighted by Gasteiger charge is 2.23. The van der Waals surface area contributed by atoms with E-state index in [-0.39, 0.29) is 5.91 Å². The van der Waals surface area contributed by atoms with Gasteiger partial charge in [0.05, 0.1) is 12.8 Å². The number of piperidine rings is 1. The Labute approximate surface area is 164 Å². The average molecular weight is 376 g/mol. The maximum Gasteiger partial charge on any atom is 0.272 e. The first-order valence-corrected chi connectivity index (χ1v) is 9.69. The second-order valence-electron chi connectivity index (χ2n) is 7.24. The molecule has 6 heteroatoms. The molecule has 1 saturated heterocycles. The largest absolute Gasteiger partial charge is 0.467 e. The molecule has 6 nitrogen and oxygen atoms in total. The lowest BCUT2D eigenvalue weighted by atomic mass is 9.99. The number of nitrogens with one attached hydrogen (secondary N) is 1. The van der Waals surface area contributed by atoms with Gasteiger partial charge in [-0.1, -0.05) is 37.3 Å². The molecular weight excluding hydrogens is 352 g/mol. The first-order chi connectivity index (χ1) is 13.7. The van der Waals surface area contributed by atoms with Crippen LogP contribution >= 0.6 is 0 Å². The van der Waals surface area contributed by atoms with E-state index in [0.717, 1.165) is 37.3 Å². The minimum atomic E-state index is -0.0347. The summed E-state index contributed by atoms with van der Waals surface area (Å²) in [5.41, 5.74) is 1.30. The number of rotatable bonds is 5. The summed E-state index contributed by atoms with van der Waals surface area (Å²) < 4.78 is 5.37. The normalized spacial score (nSPS) is 14.8. The summed E-state index contributed by atoms with van der Waals surface area (Å²) >= 11 is 0. The monoisotopic (exact) mass is 376 g/mol. The van der Waals surface area contributed by atoms with Gasteiger partial charge in [-0.3, -0.25) is 4.79 Å². The van der Waals surface area contributed by atoms with Gasteiger partial charge in [0.25, 0.3) is 5.91 Å². The van der Waals surface area contributed by atoms with Crippen LogP contribution in [0.15, 0.2) is 59.2 Å². The Balaban J connectivity index is 1.62. The molecule has 0 spiro atoms. The number of carbonyl (C=O) groups is 1. The second-order valence-corrected chi connectivity index (χ2v) is 7.24. The zero-order valence-electron chi connectivity index (χ0n) is 16.0. The van der Waals surface area contributed by atoms with Crippen molar-refractivity contribution in [3.8, 4) is 11.4 Å². The summed E-state index contributed by atoms with van der Waals surface area (Å²) in [6, 6.07) is 15.2. The molecule has 1 amide bonds. The van der Waals surface area contributed by atoms with Gasteiger partial charge in [-0.25, -0.2) is 9.97 Å². The van der Waals surface area contributed by atoms with Crippen LogP contribution in [-0.4, -0.2) is 33.9 Å². The number of amides is 1. The van der Waals surface area contributed by atoms with Crippen molar-refractivity contribution in [1.82, 2.24) is 14.9 Å². The van der Waals surface area contributed by atoms with Gasteiger partial charge >= 0.3 is 0 Å². The van der Waals surface area contributed by atoms with Crippen molar-refractivity contribution >= 4 is 11.7 Å². The lowest BCUT2D eigenvalue weighted by Gasteiger charge is -2.30. The third-order valence-electron chi connectivity index (χ3n) is 5.07. The Bertz CT molecular complexity index is 917. The molecule has 0 radical (unpaired) electrons. The Morgan fingerprint density at radius 2 is 1.93 bits per heavy atom. The van der Waals surface area contributed by atoms with Crippen LogP contribution in [0.25, 0.3) is 11.4 Å². The first-order valence-electron chi connectivity index (χ1n) is 9.69. The molecule has 1 fully saturated rings. The highest BCUT2D eigenvalue weighted by molar-refractivity contribution is 5.93. The molecule has 3 heterocycles. The van der Waals surface area contributed by atoms with Crippen LogP contribution in [0.5, 0.6) is 0 Å². The van der Waals surface area contributed by atoms with Crippen LogP contribution in [0.2, 0.25) is 0 Å². The summed E-state index contributed by atoms with van der Waals surface area (Å²) in [5.74, 6) is 2.59. The Morgan fingerprint density at radius 1 is 1.14 bits per heavy atom. The quantitative estimate of drug-likeness (QED) is 0.722. The van der Waals surface area contributed by atoms with Crippen molar-refractivity contribution in [1.29, 1.82) is 0 Å². The lowest BCUT2D eigenvalue weighted by Crippen LogP contribution is -2.38. The van der Waals surface area contributed by atoms with E-state index in [4.69, 9.17) is 4.42 Å². The van der Waals surface area contributed by atoms with Gasteiger partial charge in [-0.15, -0.1) is 0 Å².